The predicted octanol–water partition coefficient (Wildman–Crippen LogP) is 4.68. The number of aryl methyl sites for hydroxylation is 1. The van der Waals surface area contributed by atoms with E-state index in [4.69, 9.17) is 9.26 Å². The van der Waals surface area contributed by atoms with E-state index in [9.17, 15) is 14.4 Å². The minimum atomic E-state index is -0.636. The minimum Gasteiger partial charge on any atom is -0.454 e. The SMILES string of the molecule is CC(=O)c1c(C)[nH]c(C(=O)COC(=O)c2ccc3noc(-c4ccccc4)c3c2)c1C. The van der Waals surface area contributed by atoms with Gasteiger partial charge in [0, 0.05) is 16.8 Å². The van der Waals surface area contributed by atoms with E-state index >= 15 is 0 Å². The lowest BCUT2D eigenvalue weighted by Crippen LogP contribution is -2.15. The number of esters is 1. The lowest BCUT2D eigenvalue weighted by atomic mass is 10.1. The number of carbonyl (C=O) groups excluding carboxylic acids is 3. The number of ether oxygens (including phenoxy) is 1. The number of nitrogens with one attached hydrogen (secondary N) is 1. The fraction of sp³-hybridized carbons (Fsp3) is 0.167. The van der Waals surface area contributed by atoms with Crippen molar-refractivity contribution < 1.29 is 23.6 Å². The van der Waals surface area contributed by atoms with Crippen LogP contribution in [0.2, 0.25) is 0 Å². The highest BCUT2D eigenvalue weighted by Crippen LogP contribution is 2.29. The fourth-order valence-corrected chi connectivity index (χ4v) is 3.71. The number of rotatable bonds is 6. The van der Waals surface area contributed by atoms with Crippen molar-refractivity contribution >= 4 is 28.4 Å². The standard InChI is InChI=1S/C24H20N2O5/c1-13-21(15(3)27)14(2)25-22(13)20(28)12-30-24(29)17-9-10-19-18(11-17)23(31-26-19)16-7-5-4-6-8-16/h4-11,25H,12H2,1-3H3. The number of aromatic amines is 1. The van der Waals surface area contributed by atoms with Gasteiger partial charge in [-0.3, -0.25) is 9.59 Å². The van der Waals surface area contributed by atoms with Crippen LogP contribution in [0.1, 0.15) is 49.4 Å². The number of benzene rings is 2. The Morgan fingerprint density at radius 3 is 2.48 bits per heavy atom. The van der Waals surface area contributed by atoms with Crippen molar-refractivity contribution in [1.82, 2.24) is 10.1 Å². The Labute approximate surface area is 178 Å². The molecule has 2 aromatic heterocycles. The first-order chi connectivity index (χ1) is 14.9. The molecule has 0 saturated heterocycles. The van der Waals surface area contributed by atoms with Crippen LogP contribution in [0.25, 0.3) is 22.2 Å². The molecule has 0 aliphatic carbocycles. The third-order valence-electron chi connectivity index (χ3n) is 5.15. The van der Waals surface area contributed by atoms with Gasteiger partial charge in [0.05, 0.1) is 16.6 Å². The summed E-state index contributed by atoms with van der Waals surface area (Å²) in [6, 6.07) is 14.3. The van der Waals surface area contributed by atoms with E-state index in [2.05, 4.69) is 10.1 Å². The number of Topliss-reactive ketones (excluding diaryl/α,β-unsaturated/α-hetero) is 2. The molecular weight excluding hydrogens is 396 g/mol. The number of nitrogens with zero attached hydrogens (tertiary/aromatic N) is 1. The van der Waals surface area contributed by atoms with Gasteiger partial charge in [0.2, 0.25) is 5.78 Å². The summed E-state index contributed by atoms with van der Waals surface area (Å²) >= 11 is 0. The van der Waals surface area contributed by atoms with Crippen molar-refractivity contribution in [2.24, 2.45) is 0 Å². The molecule has 156 valence electrons. The first-order valence-corrected chi connectivity index (χ1v) is 9.72. The first-order valence-electron chi connectivity index (χ1n) is 9.72. The molecule has 0 atom stereocenters. The highest BCUT2D eigenvalue weighted by Gasteiger charge is 2.21. The third kappa shape index (κ3) is 3.77. The van der Waals surface area contributed by atoms with E-state index in [-0.39, 0.29) is 17.0 Å². The van der Waals surface area contributed by atoms with Crippen LogP contribution in [0.4, 0.5) is 0 Å². The number of hydrogen-bond donors (Lipinski definition) is 1. The fourth-order valence-electron chi connectivity index (χ4n) is 3.71. The molecule has 0 aliphatic heterocycles. The van der Waals surface area contributed by atoms with Gasteiger partial charge in [-0.15, -0.1) is 0 Å². The summed E-state index contributed by atoms with van der Waals surface area (Å²) in [5.41, 5.74) is 3.67. The predicted molar refractivity (Wildman–Crippen MR) is 114 cm³/mol. The van der Waals surface area contributed by atoms with Crippen LogP contribution in [-0.2, 0) is 4.74 Å². The van der Waals surface area contributed by atoms with E-state index in [0.29, 0.717) is 33.5 Å². The Balaban J connectivity index is 1.53. The summed E-state index contributed by atoms with van der Waals surface area (Å²) in [5.74, 6) is -0.616. The van der Waals surface area contributed by atoms with Crippen molar-refractivity contribution in [3.05, 3.63) is 76.6 Å². The van der Waals surface area contributed by atoms with E-state index < -0.39 is 18.4 Å². The average Bonchev–Trinajstić information content (AvgIpc) is 3.32. The van der Waals surface area contributed by atoms with Crippen LogP contribution in [0.3, 0.4) is 0 Å². The van der Waals surface area contributed by atoms with Gasteiger partial charge in [-0.1, -0.05) is 35.5 Å². The topological polar surface area (TPSA) is 102 Å². The molecule has 4 rings (SSSR count). The summed E-state index contributed by atoms with van der Waals surface area (Å²) in [6.45, 7) is 4.43. The molecule has 0 spiro atoms. The maximum atomic E-state index is 12.6. The molecule has 4 aromatic rings. The average molecular weight is 416 g/mol. The van der Waals surface area contributed by atoms with Gasteiger partial charge in [-0.05, 0) is 44.5 Å². The third-order valence-corrected chi connectivity index (χ3v) is 5.15. The molecular formula is C24H20N2O5. The van der Waals surface area contributed by atoms with E-state index in [1.165, 1.54) is 6.92 Å². The normalized spacial score (nSPS) is 10.9. The van der Waals surface area contributed by atoms with Gasteiger partial charge >= 0.3 is 5.97 Å². The van der Waals surface area contributed by atoms with Crippen molar-refractivity contribution in [1.29, 1.82) is 0 Å². The molecule has 0 saturated carbocycles. The van der Waals surface area contributed by atoms with E-state index in [0.717, 1.165) is 5.56 Å². The van der Waals surface area contributed by atoms with E-state index in [1.54, 1.807) is 32.0 Å². The molecule has 2 heterocycles. The Bertz CT molecular complexity index is 1310. The van der Waals surface area contributed by atoms with Gasteiger partial charge in [0.25, 0.3) is 0 Å². The Morgan fingerprint density at radius 2 is 1.81 bits per heavy atom. The molecule has 0 unspecified atom stereocenters. The molecule has 2 aromatic carbocycles. The van der Waals surface area contributed by atoms with Crippen LogP contribution in [0.15, 0.2) is 53.1 Å². The molecule has 7 nitrogen and oxygen atoms in total. The number of ketones is 2. The zero-order valence-corrected chi connectivity index (χ0v) is 17.3. The quantitative estimate of drug-likeness (QED) is 0.362. The summed E-state index contributed by atoms with van der Waals surface area (Å²) < 4.78 is 10.7. The van der Waals surface area contributed by atoms with Gasteiger partial charge in [-0.25, -0.2) is 4.79 Å². The molecule has 0 aliphatic rings. The second-order valence-corrected chi connectivity index (χ2v) is 7.29. The largest absolute Gasteiger partial charge is 0.454 e. The number of H-pyrrole nitrogens is 1. The molecule has 1 N–H and O–H groups in total. The Morgan fingerprint density at radius 1 is 1.06 bits per heavy atom. The second kappa shape index (κ2) is 8.02. The number of carbonyl (C=O) groups is 3. The Hall–Kier alpha value is -4.00. The van der Waals surface area contributed by atoms with Crippen LogP contribution < -0.4 is 0 Å². The monoisotopic (exact) mass is 416 g/mol. The van der Waals surface area contributed by atoms with Gasteiger partial charge < -0.3 is 14.2 Å². The number of fused-ring (bicyclic) bond motifs is 1. The molecule has 7 heteroatoms. The van der Waals surface area contributed by atoms with Crippen LogP contribution in [0, 0.1) is 13.8 Å². The highest BCUT2D eigenvalue weighted by atomic mass is 16.5. The van der Waals surface area contributed by atoms with Crippen LogP contribution in [0.5, 0.6) is 0 Å². The Kier molecular flexibility index (Phi) is 5.25. The van der Waals surface area contributed by atoms with Gasteiger partial charge in [0.1, 0.15) is 5.52 Å². The summed E-state index contributed by atoms with van der Waals surface area (Å²) in [4.78, 5) is 39.8. The number of aromatic nitrogens is 2. The minimum absolute atomic E-state index is 0.126. The maximum absolute atomic E-state index is 12.6. The van der Waals surface area contributed by atoms with Crippen LogP contribution in [-0.4, -0.2) is 34.3 Å². The summed E-state index contributed by atoms with van der Waals surface area (Å²) in [6.07, 6.45) is 0. The highest BCUT2D eigenvalue weighted by molar-refractivity contribution is 6.05. The van der Waals surface area contributed by atoms with Crippen molar-refractivity contribution in [3.8, 4) is 11.3 Å². The van der Waals surface area contributed by atoms with Crippen molar-refractivity contribution in [3.63, 3.8) is 0 Å². The number of hydrogen-bond acceptors (Lipinski definition) is 6. The lowest BCUT2D eigenvalue weighted by molar-refractivity contribution is 0.0473. The molecule has 0 fully saturated rings. The van der Waals surface area contributed by atoms with E-state index in [1.807, 2.05) is 30.3 Å². The smallest absolute Gasteiger partial charge is 0.338 e. The molecule has 0 amide bonds. The lowest BCUT2D eigenvalue weighted by Gasteiger charge is -2.05. The van der Waals surface area contributed by atoms with Crippen LogP contribution >= 0.6 is 0 Å². The zero-order valence-electron chi connectivity index (χ0n) is 17.3. The molecule has 31 heavy (non-hydrogen) atoms. The summed E-state index contributed by atoms with van der Waals surface area (Å²) in [7, 11) is 0. The molecule has 0 bridgehead atoms. The second-order valence-electron chi connectivity index (χ2n) is 7.29. The van der Waals surface area contributed by atoms with Crippen molar-refractivity contribution in [2.45, 2.75) is 20.8 Å². The molecule has 0 radical (unpaired) electrons. The summed E-state index contributed by atoms with van der Waals surface area (Å²) in [5, 5.41) is 4.71. The first kappa shape index (κ1) is 20.3. The van der Waals surface area contributed by atoms with Crippen molar-refractivity contribution in [2.75, 3.05) is 6.61 Å². The van der Waals surface area contributed by atoms with Gasteiger partial charge in [-0.2, -0.15) is 0 Å². The maximum Gasteiger partial charge on any atom is 0.338 e. The van der Waals surface area contributed by atoms with Gasteiger partial charge in [0.15, 0.2) is 18.2 Å². The zero-order chi connectivity index (χ0) is 22.1.